The van der Waals surface area contributed by atoms with Crippen LogP contribution < -0.4 is 4.72 Å². The van der Waals surface area contributed by atoms with Crippen LogP contribution in [0.3, 0.4) is 0 Å². The normalized spacial score (nSPS) is 12.7. The van der Waals surface area contributed by atoms with Crippen molar-refractivity contribution in [3.63, 3.8) is 0 Å². The first-order chi connectivity index (χ1) is 9.13. The van der Waals surface area contributed by atoms with Gasteiger partial charge in [-0.3, -0.25) is 0 Å². The Kier molecular flexibility index (Phi) is 6.49. The summed E-state index contributed by atoms with van der Waals surface area (Å²) in [6, 6.07) is 5.45. The molecular formula is C12H19Cl2NO3SSi. The third-order valence-corrected chi connectivity index (χ3v) is 6.61. The summed E-state index contributed by atoms with van der Waals surface area (Å²) in [5.74, 6) is 0. The van der Waals surface area contributed by atoms with Gasteiger partial charge in [0.15, 0.2) is 0 Å². The molecule has 1 rings (SSSR count). The summed E-state index contributed by atoms with van der Waals surface area (Å²) in [5.41, 5.74) is 0. The first-order valence-electron chi connectivity index (χ1n) is 6.15. The number of benzene rings is 1. The molecule has 1 aromatic rings. The Bertz CT molecular complexity index is 558. The summed E-state index contributed by atoms with van der Waals surface area (Å²) in [5, 5.41) is 0.220. The Morgan fingerprint density at radius 1 is 1.25 bits per heavy atom. The van der Waals surface area contributed by atoms with Gasteiger partial charge < -0.3 is 4.74 Å². The van der Waals surface area contributed by atoms with Crippen LogP contribution in [0, 0.1) is 0 Å². The van der Waals surface area contributed by atoms with Crippen LogP contribution in [0.4, 0.5) is 0 Å². The van der Waals surface area contributed by atoms with E-state index in [1.165, 1.54) is 18.2 Å². The van der Waals surface area contributed by atoms with Gasteiger partial charge in [0.1, 0.15) is 11.6 Å². The molecule has 8 heteroatoms. The zero-order valence-electron chi connectivity index (χ0n) is 11.7. The van der Waals surface area contributed by atoms with Crippen molar-refractivity contribution in [2.24, 2.45) is 0 Å². The minimum absolute atomic E-state index is 0.0174. The average molecular weight is 356 g/mol. The van der Waals surface area contributed by atoms with Crippen LogP contribution >= 0.6 is 23.2 Å². The van der Waals surface area contributed by atoms with Crippen LogP contribution in [0.5, 0.6) is 0 Å². The van der Waals surface area contributed by atoms with E-state index in [-0.39, 0.29) is 21.7 Å². The largest absolute Gasteiger partial charge is 0.366 e. The molecule has 0 bridgehead atoms. The quantitative estimate of drug-likeness (QED) is 0.462. The van der Waals surface area contributed by atoms with Crippen molar-refractivity contribution < 1.29 is 13.2 Å². The molecule has 0 unspecified atom stereocenters. The Hall–Kier alpha value is -0.113. The Balaban J connectivity index is 2.57. The maximum Gasteiger partial charge on any atom is 0.244 e. The standard InChI is InChI=1S/C12H19Cl2NO3SSi/c1-20(2,3)8-7-18-9-15-19(16,17)11-6-4-5-10(13)12(11)14/h4-6,15H,7-9H2,1-3H3. The third kappa shape index (κ3) is 5.71. The van der Waals surface area contributed by atoms with E-state index < -0.39 is 18.1 Å². The number of hydrogen-bond donors (Lipinski definition) is 1. The second-order valence-electron chi connectivity index (χ2n) is 5.56. The minimum Gasteiger partial charge on any atom is -0.366 e. The highest BCUT2D eigenvalue weighted by atomic mass is 35.5. The van der Waals surface area contributed by atoms with E-state index in [1.807, 2.05) is 0 Å². The Morgan fingerprint density at radius 2 is 1.90 bits per heavy atom. The average Bonchev–Trinajstić information content (AvgIpc) is 2.30. The van der Waals surface area contributed by atoms with Gasteiger partial charge >= 0.3 is 0 Å². The number of sulfonamides is 1. The lowest BCUT2D eigenvalue weighted by molar-refractivity contribution is 0.143. The predicted octanol–water partition coefficient (Wildman–Crippen LogP) is 3.58. The van der Waals surface area contributed by atoms with Crippen LogP contribution in [0.1, 0.15) is 0 Å². The molecule has 0 spiro atoms. The molecule has 0 fully saturated rings. The SMILES string of the molecule is C[Si](C)(C)CCOCNS(=O)(=O)c1cccc(Cl)c1Cl. The number of halogens is 2. The van der Waals surface area contributed by atoms with Crippen LogP contribution in [0.15, 0.2) is 23.1 Å². The lowest BCUT2D eigenvalue weighted by atomic mass is 10.4. The maximum absolute atomic E-state index is 12.0. The molecule has 0 aliphatic rings. The Labute approximate surface area is 131 Å². The van der Waals surface area contributed by atoms with Gasteiger partial charge in [0, 0.05) is 14.7 Å². The maximum atomic E-state index is 12.0. The first-order valence-corrected chi connectivity index (χ1v) is 12.1. The van der Waals surface area contributed by atoms with Crippen LogP contribution in [-0.2, 0) is 14.8 Å². The lowest BCUT2D eigenvalue weighted by Crippen LogP contribution is -2.28. The summed E-state index contributed by atoms with van der Waals surface area (Å²) >= 11 is 11.7. The van der Waals surface area contributed by atoms with Crippen molar-refractivity contribution in [3.8, 4) is 0 Å². The fraction of sp³-hybridized carbons (Fsp3) is 0.500. The van der Waals surface area contributed by atoms with Gasteiger partial charge in [-0.25, -0.2) is 8.42 Å². The zero-order valence-corrected chi connectivity index (χ0v) is 15.1. The zero-order chi connectivity index (χ0) is 15.4. The van der Waals surface area contributed by atoms with E-state index in [9.17, 15) is 8.42 Å². The fourth-order valence-corrected chi connectivity index (χ4v) is 3.75. The van der Waals surface area contributed by atoms with Crippen molar-refractivity contribution in [1.29, 1.82) is 0 Å². The minimum atomic E-state index is -3.71. The molecule has 0 heterocycles. The predicted molar refractivity (Wildman–Crippen MR) is 85.8 cm³/mol. The molecule has 1 aromatic carbocycles. The summed E-state index contributed by atoms with van der Waals surface area (Å²) in [7, 11) is -4.88. The molecule has 0 atom stereocenters. The molecule has 0 amide bonds. The highest BCUT2D eigenvalue weighted by molar-refractivity contribution is 7.89. The van der Waals surface area contributed by atoms with E-state index in [2.05, 4.69) is 24.4 Å². The molecule has 0 saturated heterocycles. The van der Waals surface area contributed by atoms with Gasteiger partial charge in [0.05, 0.1) is 10.0 Å². The first kappa shape index (κ1) is 17.9. The van der Waals surface area contributed by atoms with Crippen molar-refractivity contribution in [2.45, 2.75) is 30.6 Å². The number of rotatable bonds is 7. The molecule has 114 valence electrons. The van der Waals surface area contributed by atoms with Crippen LogP contribution in [-0.4, -0.2) is 29.8 Å². The molecule has 4 nitrogen and oxygen atoms in total. The molecule has 0 aromatic heterocycles. The van der Waals surface area contributed by atoms with Gasteiger partial charge in [0.25, 0.3) is 0 Å². The lowest BCUT2D eigenvalue weighted by Gasteiger charge is -2.15. The molecular weight excluding hydrogens is 337 g/mol. The van der Waals surface area contributed by atoms with Crippen LogP contribution in [0.2, 0.25) is 35.7 Å². The number of ether oxygens (including phenoxy) is 1. The van der Waals surface area contributed by atoms with E-state index in [1.54, 1.807) is 0 Å². The van der Waals surface area contributed by atoms with Gasteiger partial charge in [-0.1, -0.05) is 48.9 Å². The number of nitrogens with one attached hydrogen (secondary N) is 1. The molecule has 0 aliphatic heterocycles. The second-order valence-corrected chi connectivity index (χ2v) is 13.7. The highest BCUT2D eigenvalue weighted by Crippen LogP contribution is 2.28. The van der Waals surface area contributed by atoms with E-state index in [0.29, 0.717) is 6.61 Å². The molecule has 1 N–H and O–H groups in total. The number of hydrogen-bond acceptors (Lipinski definition) is 3. The van der Waals surface area contributed by atoms with Crippen molar-refractivity contribution >= 4 is 41.3 Å². The summed E-state index contributed by atoms with van der Waals surface area (Å²) in [6.07, 6.45) is 0. The summed E-state index contributed by atoms with van der Waals surface area (Å²) in [6.45, 7) is 7.15. The summed E-state index contributed by atoms with van der Waals surface area (Å²) in [4.78, 5) is -0.0412. The van der Waals surface area contributed by atoms with Crippen molar-refractivity contribution in [3.05, 3.63) is 28.2 Å². The van der Waals surface area contributed by atoms with Crippen molar-refractivity contribution in [2.75, 3.05) is 13.3 Å². The molecule has 0 saturated carbocycles. The highest BCUT2D eigenvalue weighted by Gasteiger charge is 2.19. The molecule has 0 aliphatic carbocycles. The molecule has 0 radical (unpaired) electrons. The van der Waals surface area contributed by atoms with E-state index in [0.717, 1.165) is 6.04 Å². The van der Waals surface area contributed by atoms with Gasteiger partial charge in [-0.05, 0) is 18.2 Å². The Morgan fingerprint density at radius 3 is 2.50 bits per heavy atom. The molecule has 20 heavy (non-hydrogen) atoms. The van der Waals surface area contributed by atoms with Gasteiger partial charge in [-0.15, -0.1) is 0 Å². The van der Waals surface area contributed by atoms with Gasteiger partial charge in [-0.2, -0.15) is 4.72 Å². The van der Waals surface area contributed by atoms with E-state index >= 15 is 0 Å². The third-order valence-electron chi connectivity index (χ3n) is 2.55. The smallest absolute Gasteiger partial charge is 0.244 e. The second kappa shape index (κ2) is 7.24. The van der Waals surface area contributed by atoms with Crippen LogP contribution in [0.25, 0.3) is 0 Å². The van der Waals surface area contributed by atoms with Crippen molar-refractivity contribution in [1.82, 2.24) is 4.72 Å². The van der Waals surface area contributed by atoms with Gasteiger partial charge in [0.2, 0.25) is 10.0 Å². The van der Waals surface area contributed by atoms with E-state index in [4.69, 9.17) is 27.9 Å². The topological polar surface area (TPSA) is 55.4 Å². The summed E-state index contributed by atoms with van der Waals surface area (Å²) < 4.78 is 31.7. The fourth-order valence-electron chi connectivity index (χ4n) is 1.34. The monoisotopic (exact) mass is 355 g/mol.